The molecule has 0 saturated carbocycles. The number of nitrogens with zero attached hydrogens (tertiary/aromatic N) is 1. The molecule has 0 aliphatic carbocycles. The van der Waals surface area contributed by atoms with Crippen LogP contribution in [0.5, 0.6) is 5.88 Å². The number of halogens is 1. The molecule has 1 aromatic heterocycles. The van der Waals surface area contributed by atoms with Crippen molar-refractivity contribution in [2.75, 3.05) is 12.4 Å². The van der Waals surface area contributed by atoms with Gasteiger partial charge in [-0.15, -0.1) is 0 Å². The van der Waals surface area contributed by atoms with Gasteiger partial charge in [0, 0.05) is 17.1 Å². The standard InChI is InChI=1S/C10H14BrNO/c1-8-6-9(4-3-5-11)7-12-10(8)13-2/h6-7H,3-5H2,1-2H3. The molecule has 0 aliphatic heterocycles. The molecule has 0 bridgehead atoms. The normalized spacial score (nSPS) is 10.1. The van der Waals surface area contributed by atoms with E-state index in [4.69, 9.17) is 4.74 Å². The summed E-state index contributed by atoms with van der Waals surface area (Å²) in [4.78, 5) is 4.21. The van der Waals surface area contributed by atoms with Crippen LogP contribution in [0.25, 0.3) is 0 Å². The summed E-state index contributed by atoms with van der Waals surface area (Å²) in [5.41, 5.74) is 2.38. The lowest BCUT2D eigenvalue weighted by Crippen LogP contribution is -1.94. The topological polar surface area (TPSA) is 22.1 Å². The van der Waals surface area contributed by atoms with Crippen LogP contribution in [0, 0.1) is 6.92 Å². The Bertz CT molecular complexity index is 276. The first-order valence-electron chi connectivity index (χ1n) is 4.33. The lowest BCUT2D eigenvalue weighted by Gasteiger charge is -2.05. The summed E-state index contributed by atoms with van der Waals surface area (Å²) in [5.74, 6) is 0.725. The number of aromatic nitrogens is 1. The number of alkyl halides is 1. The van der Waals surface area contributed by atoms with Crippen LogP contribution in [0.15, 0.2) is 12.3 Å². The van der Waals surface area contributed by atoms with Crippen molar-refractivity contribution in [1.82, 2.24) is 4.98 Å². The first kappa shape index (κ1) is 10.5. The molecule has 3 heteroatoms. The molecular weight excluding hydrogens is 230 g/mol. The first-order valence-corrected chi connectivity index (χ1v) is 5.45. The van der Waals surface area contributed by atoms with Gasteiger partial charge in [0.2, 0.25) is 5.88 Å². The van der Waals surface area contributed by atoms with Crippen LogP contribution in [0.4, 0.5) is 0 Å². The molecule has 0 aliphatic rings. The van der Waals surface area contributed by atoms with Crippen molar-refractivity contribution in [3.05, 3.63) is 23.4 Å². The van der Waals surface area contributed by atoms with Crippen molar-refractivity contribution in [3.63, 3.8) is 0 Å². The summed E-state index contributed by atoms with van der Waals surface area (Å²) in [5, 5.41) is 1.04. The van der Waals surface area contributed by atoms with Gasteiger partial charge in [-0.1, -0.05) is 15.9 Å². The Hall–Kier alpha value is -0.570. The number of hydrogen-bond donors (Lipinski definition) is 0. The Labute approximate surface area is 87.5 Å². The minimum Gasteiger partial charge on any atom is -0.481 e. The quantitative estimate of drug-likeness (QED) is 0.760. The molecule has 13 heavy (non-hydrogen) atoms. The molecule has 0 radical (unpaired) electrons. The second kappa shape index (κ2) is 5.22. The molecule has 1 heterocycles. The van der Waals surface area contributed by atoms with Gasteiger partial charge >= 0.3 is 0 Å². The van der Waals surface area contributed by atoms with E-state index in [2.05, 4.69) is 27.0 Å². The Morgan fingerprint density at radius 2 is 2.31 bits per heavy atom. The fraction of sp³-hybridized carbons (Fsp3) is 0.500. The molecule has 0 N–H and O–H groups in total. The average molecular weight is 244 g/mol. The van der Waals surface area contributed by atoms with Gasteiger partial charge in [-0.25, -0.2) is 4.98 Å². The van der Waals surface area contributed by atoms with E-state index >= 15 is 0 Å². The summed E-state index contributed by atoms with van der Waals surface area (Å²) in [6.07, 6.45) is 4.10. The maximum absolute atomic E-state index is 5.08. The predicted octanol–water partition coefficient (Wildman–Crippen LogP) is 2.73. The predicted molar refractivity (Wildman–Crippen MR) is 57.6 cm³/mol. The highest BCUT2D eigenvalue weighted by molar-refractivity contribution is 9.09. The zero-order valence-corrected chi connectivity index (χ0v) is 9.60. The first-order chi connectivity index (χ1) is 6.27. The summed E-state index contributed by atoms with van der Waals surface area (Å²) in [7, 11) is 1.65. The zero-order chi connectivity index (χ0) is 9.68. The van der Waals surface area contributed by atoms with Crippen LogP contribution >= 0.6 is 15.9 Å². The van der Waals surface area contributed by atoms with E-state index in [9.17, 15) is 0 Å². The van der Waals surface area contributed by atoms with E-state index in [0.717, 1.165) is 29.6 Å². The Kier molecular flexibility index (Phi) is 4.22. The molecule has 2 nitrogen and oxygen atoms in total. The molecule has 1 rings (SSSR count). The summed E-state index contributed by atoms with van der Waals surface area (Å²) >= 11 is 3.41. The monoisotopic (exact) mass is 243 g/mol. The van der Waals surface area contributed by atoms with Crippen LogP contribution in [0.3, 0.4) is 0 Å². The third kappa shape index (κ3) is 2.99. The van der Waals surface area contributed by atoms with E-state index in [0.29, 0.717) is 0 Å². The van der Waals surface area contributed by atoms with Gasteiger partial charge in [0.05, 0.1) is 7.11 Å². The highest BCUT2D eigenvalue weighted by atomic mass is 79.9. The minimum absolute atomic E-state index is 0.725. The maximum Gasteiger partial charge on any atom is 0.215 e. The van der Waals surface area contributed by atoms with E-state index in [1.54, 1.807) is 7.11 Å². The second-order valence-electron chi connectivity index (χ2n) is 2.96. The zero-order valence-electron chi connectivity index (χ0n) is 8.01. The molecule has 1 aromatic rings. The van der Waals surface area contributed by atoms with Gasteiger partial charge < -0.3 is 4.74 Å². The van der Waals surface area contributed by atoms with Crippen molar-refractivity contribution in [2.24, 2.45) is 0 Å². The van der Waals surface area contributed by atoms with Crippen LogP contribution < -0.4 is 4.74 Å². The number of methoxy groups -OCH3 is 1. The van der Waals surface area contributed by atoms with E-state index < -0.39 is 0 Å². The van der Waals surface area contributed by atoms with Crippen molar-refractivity contribution in [3.8, 4) is 5.88 Å². The van der Waals surface area contributed by atoms with Crippen molar-refractivity contribution < 1.29 is 4.74 Å². The van der Waals surface area contributed by atoms with Crippen molar-refractivity contribution >= 4 is 15.9 Å². The van der Waals surface area contributed by atoms with E-state index in [1.807, 2.05) is 13.1 Å². The molecule has 0 fully saturated rings. The van der Waals surface area contributed by atoms with Crippen LogP contribution in [-0.4, -0.2) is 17.4 Å². The Morgan fingerprint density at radius 1 is 1.54 bits per heavy atom. The maximum atomic E-state index is 5.08. The number of ether oxygens (including phenoxy) is 1. The van der Waals surface area contributed by atoms with Gasteiger partial charge in [0.25, 0.3) is 0 Å². The smallest absolute Gasteiger partial charge is 0.215 e. The molecule has 0 unspecified atom stereocenters. The SMILES string of the molecule is COc1ncc(CCCBr)cc1C. The lowest BCUT2D eigenvalue weighted by molar-refractivity contribution is 0.394. The number of aryl methyl sites for hydroxylation is 2. The third-order valence-electron chi connectivity index (χ3n) is 1.88. The molecule has 0 spiro atoms. The Morgan fingerprint density at radius 3 is 2.85 bits per heavy atom. The van der Waals surface area contributed by atoms with Gasteiger partial charge in [-0.3, -0.25) is 0 Å². The van der Waals surface area contributed by atoms with Gasteiger partial charge in [0.1, 0.15) is 0 Å². The highest BCUT2D eigenvalue weighted by Gasteiger charge is 2.00. The lowest BCUT2D eigenvalue weighted by atomic mass is 10.1. The summed E-state index contributed by atoms with van der Waals surface area (Å²) in [6.45, 7) is 2.02. The van der Waals surface area contributed by atoms with Crippen LogP contribution in [0.1, 0.15) is 17.5 Å². The van der Waals surface area contributed by atoms with Gasteiger partial charge in [-0.05, 0) is 31.4 Å². The molecule has 0 saturated heterocycles. The van der Waals surface area contributed by atoms with Crippen LogP contribution in [-0.2, 0) is 6.42 Å². The molecular formula is C10H14BrNO. The largest absolute Gasteiger partial charge is 0.481 e. The number of rotatable bonds is 4. The third-order valence-corrected chi connectivity index (χ3v) is 2.44. The molecule has 0 atom stereocenters. The fourth-order valence-corrected chi connectivity index (χ4v) is 1.52. The molecule has 0 aromatic carbocycles. The van der Waals surface area contributed by atoms with E-state index in [-0.39, 0.29) is 0 Å². The fourth-order valence-electron chi connectivity index (χ4n) is 1.24. The van der Waals surface area contributed by atoms with Crippen molar-refractivity contribution in [1.29, 1.82) is 0 Å². The van der Waals surface area contributed by atoms with Gasteiger partial charge in [0.15, 0.2) is 0 Å². The Balaban J connectivity index is 2.71. The summed E-state index contributed by atoms with van der Waals surface area (Å²) in [6, 6.07) is 2.13. The van der Waals surface area contributed by atoms with E-state index in [1.165, 1.54) is 5.56 Å². The highest BCUT2D eigenvalue weighted by Crippen LogP contribution is 2.15. The molecule has 0 amide bonds. The van der Waals surface area contributed by atoms with Crippen LogP contribution in [0.2, 0.25) is 0 Å². The molecule has 72 valence electrons. The second-order valence-corrected chi connectivity index (χ2v) is 3.76. The summed E-state index contributed by atoms with van der Waals surface area (Å²) < 4.78 is 5.08. The minimum atomic E-state index is 0.725. The average Bonchev–Trinajstić information content (AvgIpc) is 2.15. The van der Waals surface area contributed by atoms with Gasteiger partial charge in [-0.2, -0.15) is 0 Å². The number of pyridine rings is 1. The number of hydrogen-bond acceptors (Lipinski definition) is 2. The van der Waals surface area contributed by atoms with Crippen molar-refractivity contribution in [2.45, 2.75) is 19.8 Å².